The van der Waals surface area contributed by atoms with Crippen molar-refractivity contribution >= 4 is 13.5 Å². The fourth-order valence-corrected chi connectivity index (χ4v) is 0. The Labute approximate surface area is 86.1 Å². The molecule has 0 saturated heterocycles. The van der Waals surface area contributed by atoms with E-state index in [2.05, 4.69) is 6.57 Å². The first-order valence-corrected chi connectivity index (χ1v) is 0.258. The van der Waals surface area contributed by atoms with Gasteiger partial charge < -0.3 is 2.85 Å². The SMILES string of the molecule is C#N.S.[H-].[H-].[Na+].[Na+]. The van der Waals surface area contributed by atoms with Gasteiger partial charge in [-0.05, 0) is 0 Å². The van der Waals surface area contributed by atoms with Crippen molar-refractivity contribution in [2.75, 3.05) is 0 Å². The normalized spacial score (nSPS) is 0.400. The Morgan fingerprint density at radius 2 is 1.20 bits per heavy atom. The van der Waals surface area contributed by atoms with Crippen LogP contribution in [0.15, 0.2) is 0 Å². The molecule has 0 fully saturated rings. The van der Waals surface area contributed by atoms with Crippen molar-refractivity contribution < 1.29 is 62.0 Å². The largest absolute Gasteiger partial charge is 1.00 e. The molecule has 0 radical (unpaired) electrons. The molecule has 0 spiro atoms. The maximum Gasteiger partial charge on any atom is 1.00 e. The van der Waals surface area contributed by atoms with Crippen molar-refractivity contribution in [1.29, 1.82) is 5.26 Å². The summed E-state index contributed by atoms with van der Waals surface area (Å²) < 4.78 is 0. The van der Waals surface area contributed by atoms with Crippen molar-refractivity contribution in [1.82, 2.24) is 0 Å². The molecule has 0 amide bonds. The van der Waals surface area contributed by atoms with E-state index in [4.69, 9.17) is 5.26 Å². The van der Waals surface area contributed by atoms with E-state index in [1.54, 1.807) is 0 Å². The van der Waals surface area contributed by atoms with E-state index < -0.39 is 0 Å². The van der Waals surface area contributed by atoms with Crippen LogP contribution in [0.1, 0.15) is 2.85 Å². The van der Waals surface area contributed by atoms with Crippen molar-refractivity contribution in [2.24, 2.45) is 0 Å². The van der Waals surface area contributed by atoms with E-state index in [0.717, 1.165) is 0 Å². The average molecular weight is 109 g/mol. The standard InChI is InChI=1S/CHN.2Na.H2S.2H/c1-2;;;;;/h1H;;;1H2;;/q;2*+1;;2*-1. The van der Waals surface area contributed by atoms with Crippen LogP contribution in [0, 0.1) is 11.8 Å². The summed E-state index contributed by atoms with van der Waals surface area (Å²) >= 11 is 0. The second-order valence-corrected chi connectivity index (χ2v) is 0. The molecule has 0 aliphatic heterocycles. The molecule has 0 unspecified atom stereocenters. The first-order valence-electron chi connectivity index (χ1n) is 0.258. The molecule has 0 N–H and O–H groups in total. The summed E-state index contributed by atoms with van der Waals surface area (Å²) in [6.07, 6.45) is 0. The topological polar surface area (TPSA) is 23.8 Å². The van der Waals surface area contributed by atoms with Crippen LogP contribution >= 0.6 is 13.5 Å². The predicted octanol–water partition coefficient (Wildman–Crippen LogP) is -5.51. The molecule has 0 saturated carbocycles. The summed E-state index contributed by atoms with van der Waals surface area (Å²) in [7, 11) is 0. The molecular formula is CH5NNa2S. The quantitative estimate of drug-likeness (QED) is 0.285. The third-order valence-electron chi connectivity index (χ3n) is 0. The van der Waals surface area contributed by atoms with Crippen LogP contribution in [0.2, 0.25) is 0 Å². The van der Waals surface area contributed by atoms with E-state index in [1.807, 2.05) is 0 Å². The molecule has 0 heterocycles. The summed E-state index contributed by atoms with van der Waals surface area (Å²) in [6.45, 7) is 3.50. The molecule has 0 aliphatic carbocycles. The van der Waals surface area contributed by atoms with Gasteiger partial charge in [0, 0.05) is 6.57 Å². The van der Waals surface area contributed by atoms with Gasteiger partial charge in [0.1, 0.15) is 0 Å². The molecule has 1 nitrogen and oxygen atoms in total. The number of hydrogen-bond donors (Lipinski definition) is 0. The van der Waals surface area contributed by atoms with Gasteiger partial charge in [-0.15, -0.1) is 0 Å². The van der Waals surface area contributed by atoms with E-state index in [9.17, 15) is 0 Å². The monoisotopic (exact) mass is 109 g/mol. The van der Waals surface area contributed by atoms with Gasteiger partial charge in [0.15, 0.2) is 0 Å². The second kappa shape index (κ2) is 40.4. The van der Waals surface area contributed by atoms with E-state index in [-0.39, 0.29) is 75.5 Å². The van der Waals surface area contributed by atoms with Gasteiger partial charge in [0.2, 0.25) is 0 Å². The Hall–Kier alpha value is 1.84. The first-order chi connectivity index (χ1) is 1.00. The van der Waals surface area contributed by atoms with Gasteiger partial charge in [-0.2, -0.15) is 13.5 Å². The maximum absolute atomic E-state index is 6.50. The van der Waals surface area contributed by atoms with Gasteiger partial charge in [0.05, 0.1) is 0 Å². The second-order valence-electron chi connectivity index (χ2n) is 0. The summed E-state index contributed by atoms with van der Waals surface area (Å²) in [6, 6.07) is 0. The van der Waals surface area contributed by atoms with Crippen molar-refractivity contribution in [3.05, 3.63) is 0 Å². The summed E-state index contributed by atoms with van der Waals surface area (Å²) in [4.78, 5) is 0. The molecule has 0 atom stereocenters. The molecule has 0 aromatic rings. The van der Waals surface area contributed by atoms with Crippen LogP contribution in [0.25, 0.3) is 0 Å². The average Bonchev–Trinajstić information content (AvgIpc) is 1.00. The van der Waals surface area contributed by atoms with Crippen LogP contribution < -0.4 is 59.1 Å². The van der Waals surface area contributed by atoms with Crippen LogP contribution in [-0.2, 0) is 0 Å². The number of nitrogens with zero attached hydrogens (tertiary/aromatic N) is 1. The number of rotatable bonds is 0. The molecule has 5 heavy (non-hydrogen) atoms. The fraction of sp³-hybridized carbons (Fsp3) is 0. The minimum absolute atomic E-state index is 0. The maximum atomic E-state index is 6.50. The molecule has 0 aromatic carbocycles. The zero-order chi connectivity index (χ0) is 2.00. The smallest absolute Gasteiger partial charge is 1.00 e. The molecule has 4 heteroatoms. The van der Waals surface area contributed by atoms with Gasteiger partial charge in [-0.25, -0.2) is 5.26 Å². The Morgan fingerprint density at radius 3 is 1.20 bits per heavy atom. The van der Waals surface area contributed by atoms with E-state index >= 15 is 0 Å². The molecule has 0 bridgehead atoms. The Balaban J connectivity index is -0.000000000500. The molecule has 0 aromatic heterocycles. The minimum Gasteiger partial charge on any atom is -1.00 e. The van der Waals surface area contributed by atoms with Gasteiger partial charge in [0.25, 0.3) is 0 Å². The predicted molar refractivity (Wildman–Crippen MR) is 19.3 cm³/mol. The van der Waals surface area contributed by atoms with Crippen molar-refractivity contribution in [3.63, 3.8) is 0 Å². The number of hydrogen-bond acceptors (Lipinski definition) is 1. The third-order valence-corrected chi connectivity index (χ3v) is 0. The Bertz CT molecular complexity index is 20.4. The first kappa shape index (κ1) is 28.9. The minimum atomic E-state index is 0. The number of nitriles is 1. The van der Waals surface area contributed by atoms with Gasteiger partial charge in [-0.1, -0.05) is 0 Å². The molecular weight excluding hydrogens is 104 g/mol. The van der Waals surface area contributed by atoms with Crippen LogP contribution in [0.4, 0.5) is 0 Å². The van der Waals surface area contributed by atoms with Gasteiger partial charge in [-0.3, -0.25) is 0 Å². The third kappa shape index (κ3) is 25.4. The van der Waals surface area contributed by atoms with Gasteiger partial charge >= 0.3 is 59.1 Å². The van der Waals surface area contributed by atoms with Crippen molar-refractivity contribution in [3.8, 4) is 6.57 Å². The molecule has 0 rings (SSSR count). The van der Waals surface area contributed by atoms with Crippen molar-refractivity contribution in [2.45, 2.75) is 0 Å². The van der Waals surface area contributed by atoms with E-state index in [1.165, 1.54) is 0 Å². The zero-order valence-electron chi connectivity index (χ0n) is 5.52. The summed E-state index contributed by atoms with van der Waals surface area (Å²) in [5, 5.41) is 6.50. The molecule has 22 valence electrons. The fourth-order valence-electron chi connectivity index (χ4n) is 0. The Kier molecular flexibility index (Phi) is 234. The summed E-state index contributed by atoms with van der Waals surface area (Å²) in [5.74, 6) is 0. The van der Waals surface area contributed by atoms with Crippen LogP contribution in [0.5, 0.6) is 0 Å². The van der Waals surface area contributed by atoms with Crippen LogP contribution in [0.3, 0.4) is 0 Å². The van der Waals surface area contributed by atoms with Crippen LogP contribution in [-0.4, -0.2) is 0 Å². The zero-order valence-corrected chi connectivity index (χ0v) is 8.52. The molecule has 0 aliphatic rings. The summed E-state index contributed by atoms with van der Waals surface area (Å²) in [5.41, 5.74) is 0. The van der Waals surface area contributed by atoms with E-state index in [0.29, 0.717) is 0 Å². The Morgan fingerprint density at radius 1 is 1.20 bits per heavy atom.